The van der Waals surface area contributed by atoms with E-state index < -0.39 is 0 Å². The molecule has 2 aromatic rings. The Morgan fingerprint density at radius 2 is 1.59 bits per heavy atom. The van der Waals surface area contributed by atoms with Crippen LogP contribution in [0.15, 0.2) is 30.3 Å². The Kier molecular flexibility index (Phi) is 5.65. The lowest BCUT2D eigenvalue weighted by Crippen LogP contribution is -2.43. The third-order valence-corrected chi connectivity index (χ3v) is 6.22. The van der Waals surface area contributed by atoms with Gasteiger partial charge < -0.3 is 19.7 Å². The predicted octanol–water partition coefficient (Wildman–Crippen LogP) is 4.41. The van der Waals surface area contributed by atoms with Gasteiger partial charge in [-0.1, -0.05) is 18.2 Å². The van der Waals surface area contributed by atoms with Crippen LogP contribution in [0.3, 0.4) is 0 Å². The van der Waals surface area contributed by atoms with E-state index in [4.69, 9.17) is 9.47 Å². The third-order valence-electron chi connectivity index (χ3n) is 6.22. The maximum atomic E-state index is 12.9. The number of urea groups is 1. The fraction of sp³-hybridized carbons (Fsp3) is 0.458. The molecule has 0 saturated heterocycles. The highest BCUT2D eigenvalue weighted by Crippen LogP contribution is 2.33. The van der Waals surface area contributed by atoms with Gasteiger partial charge in [-0.3, -0.25) is 0 Å². The summed E-state index contributed by atoms with van der Waals surface area (Å²) in [5.41, 5.74) is 6.43. The van der Waals surface area contributed by atoms with Crippen molar-refractivity contribution in [1.82, 2.24) is 10.2 Å². The quantitative estimate of drug-likeness (QED) is 0.836. The molecule has 2 aliphatic rings. The number of benzene rings is 2. The number of methoxy groups -OCH3 is 2. The van der Waals surface area contributed by atoms with E-state index in [-0.39, 0.29) is 12.1 Å². The molecule has 0 spiro atoms. The zero-order valence-electron chi connectivity index (χ0n) is 17.6. The lowest BCUT2D eigenvalue weighted by atomic mass is 9.89. The molecule has 0 bridgehead atoms. The molecule has 1 N–H and O–H groups in total. The molecule has 1 heterocycles. The summed E-state index contributed by atoms with van der Waals surface area (Å²) in [5.74, 6) is 1.45. The van der Waals surface area contributed by atoms with Gasteiger partial charge in [-0.15, -0.1) is 0 Å². The van der Waals surface area contributed by atoms with Gasteiger partial charge >= 0.3 is 6.03 Å². The molecule has 5 heteroatoms. The van der Waals surface area contributed by atoms with Gasteiger partial charge in [0.1, 0.15) is 0 Å². The van der Waals surface area contributed by atoms with E-state index in [0.29, 0.717) is 18.8 Å². The van der Waals surface area contributed by atoms with Crippen molar-refractivity contribution in [1.29, 1.82) is 0 Å². The van der Waals surface area contributed by atoms with Crippen LogP contribution < -0.4 is 14.8 Å². The molecule has 154 valence electrons. The van der Waals surface area contributed by atoms with E-state index >= 15 is 0 Å². The topological polar surface area (TPSA) is 50.8 Å². The number of carbonyl (C=O) groups excluding carboxylic acids is 1. The Labute approximate surface area is 173 Å². The molecule has 0 saturated carbocycles. The van der Waals surface area contributed by atoms with Crippen molar-refractivity contribution in [3.8, 4) is 11.5 Å². The minimum absolute atomic E-state index is 0.0125. The molecule has 2 aromatic carbocycles. The summed E-state index contributed by atoms with van der Waals surface area (Å²) in [7, 11) is 3.28. The van der Waals surface area contributed by atoms with E-state index in [2.05, 4.69) is 30.4 Å². The van der Waals surface area contributed by atoms with Crippen LogP contribution >= 0.6 is 0 Å². The molecule has 4 rings (SSSR count). The van der Waals surface area contributed by atoms with Gasteiger partial charge in [0.2, 0.25) is 0 Å². The first kappa shape index (κ1) is 19.6. The number of rotatable bonds is 4. The summed E-state index contributed by atoms with van der Waals surface area (Å²) in [6.45, 7) is 3.35. The summed E-state index contributed by atoms with van der Waals surface area (Å²) < 4.78 is 10.8. The minimum Gasteiger partial charge on any atom is -0.493 e. The first-order chi connectivity index (χ1) is 14.1. The summed E-state index contributed by atoms with van der Waals surface area (Å²) >= 11 is 0. The van der Waals surface area contributed by atoms with Gasteiger partial charge in [-0.05, 0) is 79.0 Å². The third kappa shape index (κ3) is 4.04. The number of ether oxygens (including phenoxy) is 2. The van der Waals surface area contributed by atoms with Crippen molar-refractivity contribution >= 4 is 6.03 Å². The number of nitrogens with one attached hydrogen (secondary N) is 1. The Morgan fingerprint density at radius 1 is 0.931 bits per heavy atom. The van der Waals surface area contributed by atoms with Gasteiger partial charge in [0.05, 0.1) is 20.3 Å². The SMILES string of the molecule is COc1cc2c(cc1OC)CN(C(=O)N[C@@H](C)c1ccc3c(c1)CCCC3)CC2. The number of carbonyl (C=O) groups is 1. The molecule has 0 fully saturated rings. The van der Waals surface area contributed by atoms with Gasteiger partial charge in [-0.2, -0.15) is 0 Å². The van der Waals surface area contributed by atoms with Crippen LogP contribution in [0.2, 0.25) is 0 Å². The van der Waals surface area contributed by atoms with Gasteiger partial charge in [0, 0.05) is 13.1 Å². The highest BCUT2D eigenvalue weighted by Gasteiger charge is 2.24. The number of aryl methyl sites for hydroxylation is 2. The molecule has 1 aliphatic carbocycles. The van der Waals surface area contributed by atoms with Crippen molar-refractivity contribution in [3.63, 3.8) is 0 Å². The summed E-state index contributed by atoms with van der Waals surface area (Å²) in [6.07, 6.45) is 5.69. The van der Waals surface area contributed by atoms with Crippen LogP contribution in [-0.4, -0.2) is 31.7 Å². The number of nitrogens with zero attached hydrogens (tertiary/aromatic N) is 1. The van der Waals surface area contributed by atoms with Crippen molar-refractivity contribution in [2.24, 2.45) is 0 Å². The van der Waals surface area contributed by atoms with Crippen molar-refractivity contribution in [3.05, 3.63) is 58.1 Å². The molecule has 29 heavy (non-hydrogen) atoms. The predicted molar refractivity (Wildman–Crippen MR) is 114 cm³/mol. The van der Waals surface area contributed by atoms with Crippen LogP contribution in [0.1, 0.15) is 53.6 Å². The average molecular weight is 395 g/mol. The average Bonchev–Trinajstić information content (AvgIpc) is 2.77. The first-order valence-electron chi connectivity index (χ1n) is 10.5. The second kappa shape index (κ2) is 8.36. The zero-order chi connectivity index (χ0) is 20.4. The summed E-state index contributed by atoms with van der Waals surface area (Å²) in [5, 5.41) is 3.19. The van der Waals surface area contributed by atoms with E-state index in [1.54, 1.807) is 14.2 Å². The van der Waals surface area contributed by atoms with E-state index in [0.717, 1.165) is 24.2 Å². The molecule has 1 aliphatic heterocycles. The molecular formula is C24H30N2O3. The molecule has 2 amide bonds. The Bertz CT molecular complexity index is 909. The van der Waals surface area contributed by atoms with E-state index in [1.807, 2.05) is 17.0 Å². The lowest BCUT2D eigenvalue weighted by Gasteiger charge is -2.31. The Balaban J connectivity index is 1.44. The van der Waals surface area contributed by atoms with Crippen LogP contribution in [0, 0.1) is 0 Å². The van der Waals surface area contributed by atoms with E-state index in [9.17, 15) is 4.79 Å². The smallest absolute Gasteiger partial charge is 0.318 e. The second-order valence-electron chi connectivity index (χ2n) is 8.05. The molecule has 5 nitrogen and oxygen atoms in total. The Hall–Kier alpha value is -2.69. The summed E-state index contributed by atoms with van der Waals surface area (Å²) in [4.78, 5) is 14.8. The van der Waals surface area contributed by atoms with Gasteiger partial charge in [0.25, 0.3) is 0 Å². The molecule has 0 radical (unpaired) electrons. The molecule has 0 aromatic heterocycles. The lowest BCUT2D eigenvalue weighted by molar-refractivity contribution is 0.189. The normalized spacial score (nSPS) is 16.4. The van der Waals surface area contributed by atoms with Crippen LogP contribution in [0.25, 0.3) is 0 Å². The molecule has 1 atom stereocenters. The molecular weight excluding hydrogens is 364 g/mol. The van der Waals surface area contributed by atoms with Crippen LogP contribution in [0.4, 0.5) is 4.79 Å². The van der Waals surface area contributed by atoms with Crippen LogP contribution in [-0.2, 0) is 25.8 Å². The number of amides is 2. The number of hydrogen-bond donors (Lipinski definition) is 1. The number of fused-ring (bicyclic) bond motifs is 2. The second-order valence-corrected chi connectivity index (χ2v) is 8.05. The maximum Gasteiger partial charge on any atom is 0.318 e. The fourth-order valence-corrected chi connectivity index (χ4v) is 4.44. The number of hydrogen-bond acceptors (Lipinski definition) is 3. The van der Waals surface area contributed by atoms with Crippen molar-refractivity contribution < 1.29 is 14.3 Å². The van der Waals surface area contributed by atoms with Crippen molar-refractivity contribution in [2.75, 3.05) is 20.8 Å². The highest BCUT2D eigenvalue weighted by atomic mass is 16.5. The maximum absolute atomic E-state index is 12.9. The standard InChI is InChI=1S/C24H30N2O3/c1-16(18-9-8-17-6-4-5-7-19(17)12-18)25-24(27)26-11-10-20-13-22(28-2)23(29-3)14-21(20)15-26/h8-9,12-14,16H,4-7,10-11,15H2,1-3H3,(H,25,27)/t16-/m0/s1. The van der Waals surface area contributed by atoms with Crippen molar-refractivity contribution in [2.45, 2.75) is 51.6 Å². The largest absolute Gasteiger partial charge is 0.493 e. The minimum atomic E-state index is -0.0179. The Morgan fingerprint density at radius 3 is 2.31 bits per heavy atom. The zero-order valence-corrected chi connectivity index (χ0v) is 17.6. The fourth-order valence-electron chi connectivity index (χ4n) is 4.44. The monoisotopic (exact) mass is 394 g/mol. The highest BCUT2D eigenvalue weighted by molar-refractivity contribution is 5.75. The van der Waals surface area contributed by atoms with Gasteiger partial charge in [-0.25, -0.2) is 4.79 Å². The first-order valence-corrected chi connectivity index (χ1v) is 10.5. The molecule has 0 unspecified atom stereocenters. The summed E-state index contributed by atoms with van der Waals surface area (Å²) in [6, 6.07) is 10.7. The van der Waals surface area contributed by atoms with Crippen LogP contribution in [0.5, 0.6) is 11.5 Å². The van der Waals surface area contributed by atoms with Gasteiger partial charge in [0.15, 0.2) is 11.5 Å². The van der Waals surface area contributed by atoms with E-state index in [1.165, 1.54) is 41.5 Å².